The Balaban J connectivity index is 2.12. The summed E-state index contributed by atoms with van der Waals surface area (Å²) in [6, 6.07) is 3.72. The van der Waals surface area contributed by atoms with Gasteiger partial charge in [0.2, 0.25) is 0 Å². The van der Waals surface area contributed by atoms with Gasteiger partial charge in [-0.25, -0.2) is 0 Å². The molecule has 102 valence electrons. The van der Waals surface area contributed by atoms with Crippen LogP contribution in [0.4, 0.5) is 5.69 Å². The van der Waals surface area contributed by atoms with E-state index in [1.807, 2.05) is 26.0 Å². The van der Waals surface area contributed by atoms with Gasteiger partial charge in [0.15, 0.2) is 5.69 Å². The van der Waals surface area contributed by atoms with Crippen LogP contribution in [-0.4, -0.2) is 27.6 Å². The van der Waals surface area contributed by atoms with Crippen LogP contribution in [0.25, 0.3) is 0 Å². The van der Waals surface area contributed by atoms with Crippen LogP contribution in [0.5, 0.6) is 0 Å². The van der Waals surface area contributed by atoms with E-state index in [9.17, 15) is 4.79 Å². The molecule has 6 heteroatoms. The SMILES string of the molecule is CCn1cc(N)c(C(=O)N(C)Cc2ccc(C)o2)n1. The molecule has 0 aromatic carbocycles. The highest BCUT2D eigenvalue weighted by atomic mass is 16.3. The number of rotatable bonds is 4. The molecule has 2 aromatic heterocycles. The molecule has 2 aromatic rings. The molecule has 0 aliphatic carbocycles. The number of furan rings is 1. The molecule has 19 heavy (non-hydrogen) atoms. The van der Waals surface area contributed by atoms with Crippen molar-refractivity contribution >= 4 is 11.6 Å². The molecule has 0 aliphatic rings. The van der Waals surface area contributed by atoms with Gasteiger partial charge in [-0.2, -0.15) is 5.10 Å². The van der Waals surface area contributed by atoms with E-state index in [1.54, 1.807) is 17.9 Å². The lowest BCUT2D eigenvalue weighted by Gasteiger charge is -2.14. The minimum atomic E-state index is -0.209. The number of carbonyl (C=O) groups excluding carboxylic acids is 1. The summed E-state index contributed by atoms with van der Waals surface area (Å²) >= 11 is 0. The van der Waals surface area contributed by atoms with E-state index in [1.165, 1.54) is 4.90 Å². The van der Waals surface area contributed by atoms with Gasteiger partial charge in [0.05, 0.1) is 12.2 Å². The zero-order chi connectivity index (χ0) is 14.0. The zero-order valence-corrected chi connectivity index (χ0v) is 11.4. The molecule has 0 atom stereocenters. The summed E-state index contributed by atoms with van der Waals surface area (Å²) in [6.07, 6.45) is 1.66. The molecule has 0 saturated heterocycles. The van der Waals surface area contributed by atoms with Crippen molar-refractivity contribution in [2.75, 3.05) is 12.8 Å². The second-order valence-corrected chi connectivity index (χ2v) is 4.46. The Kier molecular flexibility index (Phi) is 3.59. The second kappa shape index (κ2) is 5.17. The number of hydrogen-bond acceptors (Lipinski definition) is 4. The molecular weight excluding hydrogens is 244 g/mol. The number of nitrogen functional groups attached to an aromatic ring is 1. The lowest BCUT2D eigenvalue weighted by molar-refractivity contribution is 0.0769. The summed E-state index contributed by atoms with van der Waals surface area (Å²) in [5.74, 6) is 1.35. The van der Waals surface area contributed by atoms with Crippen LogP contribution in [-0.2, 0) is 13.1 Å². The molecule has 0 bridgehead atoms. The Labute approximate surface area is 111 Å². The maximum absolute atomic E-state index is 12.2. The van der Waals surface area contributed by atoms with E-state index < -0.39 is 0 Å². The Hall–Kier alpha value is -2.24. The molecule has 2 rings (SSSR count). The predicted octanol–water partition coefficient (Wildman–Crippen LogP) is 1.66. The minimum absolute atomic E-state index is 0.209. The highest BCUT2D eigenvalue weighted by molar-refractivity contribution is 5.96. The lowest BCUT2D eigenvalue weighted by Crippen LogP contribution is -2.27. The number of hydrogen-bond donors (Lipinski definition) is 1. The summed E-state index contributed by atoms with van der Waals surface area (Å²) in [6.45, 7) is 4.88. The van der Waals surface area contributed by atoms with Crippen molar-refractivity contribution in [1.29, 1.82) is 0 Å². The maximum Gasteiger partial charge on any atom is 0.276 e. The summed E-state index contributed by atoms with van der Waals surface area (Å²) in [5.41, 5.74) is 6.48. The Morgan fingerprint density at radius 2 is 2.26 bits per heavy atom. The zero-order valence-electron chi connectivity index (χ0n) is 11.4. The molecule has 0 unspecified atom stereocenters. The van der Waals surface area contributed by atoms with E-state index in [0.29, 0.717) is 18.8 Å². The molecule has 0 saturated carbocycles. The Morgan fingerprint density at radius 3 is 2.79 bits per heavy atom. The van der Waals surface area contributed by atoms with Crippen LogP contribution < -0.4 is 5.73 Å². The van der Waals surface area contributed by atoms with Crippen molar-refractivity contribution in [3.63, 3.8) is 0 Å². The minimum Gasteiger partial charge on any atom is -0.464 e. The van der Waals surface area contributed by atoms with Crippen LogP contribution in [0.15, 0.2) is 22.7 Å². The Bertz CT molecular complexity index is 585. The molecule has 6 nitrogen and oxygen atoms in total. The number of nitrogens with two attached hydrogens (primary N) is 1. The number of nitrogens with zero attached hydrogens (tertiary/aromatic N) is 3. The highest BCUT2D eigenvalue weighted by Crippen LogP contribution is 2.14. The van der Waals surface area contributed by atoms with E-state index in [2.05, 4.69) is 5.10 Å². The smallest absolute Gasteiger partial charge is 0.276 e. The molecule has 0 spiro atoms. The van der Waals surface area contributed by atoms with E-state index in [4.69, 9.17) is 10.2 Å². The van der Waals surface area contributed by atoms with Gasteiger partial charge in [-0.15, -0.1) is 0 Å². The average Bonchev–Trinajstić information content (AvgIpc) is 2.94. The Morgan fingerprint density at radius 1 is 1.53 bits per heavy atom. The van der Waals surface area contributed by atoms with Gasteiger partial charge in [0, 0.05) is 19.8 Å². The van der Waals surface area contributed by atoms with Crippen molar-refractivity contribution < 1.29 is 9.21 Å². The number of amides is 1. The molecule has 2 N–H and O–H groups in total. The van der Waals surface area contributed by atoms with Gasteiger partial charge in [-0.3, -0.25) is 9.48 Å². The first-order valence-corrected chi connectivity index (χ1v) is 6.15. The number of aromatic nitrogens is 2. The maximum atomic E-state index is 12.2. The average molecular weight is 262 g/mol. The van der Waals surface area contributed by atoms with Gasteiger partial charge >= 0.3 is 0 Å². The van der Waals surface area contributed by atoms with Crippen LogP contribution in [0.3, 0.4) is 0 Å². The van der Waals surface area contributed by atoms with E-state index in [-0.39, 0.29) is 11.6 Å². The fourth-order valence-electron chi connectivity index (χ4n) is 1.82. The largest absolute Gasteiger partial charge is 0.464 e. The number of aryl methyl sites for hydroxylation is 2. The topological polar surface area (TPSA) is 77.3 Å². The molecular formula is C13H18N4O2. The second-order valence-electron chi connectivity index (χ2n) is 4.46. The summed E-state index contributed by atoms with van der Waals surface area (Å²) in [5, 5.41) is 4.17. The third kappa shape index (κ3) is 2.78. The number of carbonyl (C=O) groups is 1. The monoisotopic (exact) mass is 262 g/mol. The number of anilines is 1. The molecule has 0 fully saturated rings. The standard InChI is InChI=1S/C13H18N4O2/c1-4-17-8-11(14)12(15-17)13(18)16(3)7-10-6-5-9(2)19-10/h5-6,8H,4,7,14H2,1-3H3. The van der Waals surface area contributed by atoms with Crippen molar-refractivity contribution in [3.8, 4) is 0 Å². The van der Waals surface area contributed by atoms with Crippen molar-refractivity contribution in [1.82, 2.24) is 14.7 Å². The summed E-state index contributed by atoms with van der Waals surface area (Å²) < 4.78 is 7.09. The van der Waals surface area contributed by atoms with Crippen LogP contribution in [0, 0.1) is 6.92 Å². The van der Waals surface area contributed by atoms with Crippen molar-refractivity contribution in [2.24, 2.45) is 0 Å². The van der Waals surface area contributed by atoms with Gasteiger partial charge in [-0.1, -0.05) is 0 Å². The lowest BCUT2D eigenvalue weighted by atomic mass is 10.3. The normalized spacial score (nSPS) is 10.7. The van der Waals surface area contributed by atoms with Gasteiger partial charge in [0.25, 0.3) is 5.91 Å². The van der Waals surface area contributed by atoms with Crippen LogP contribution >= 0.6 is 0 Å². The van der Waals surface area contributed by atoms with E-state index in [0.717, 1.165) is 11.5 Å². The third-order valence-electron chi connectivity index (χ3n) is 2.85. The van der Waals surface area contributed by atoms with E-state index >= 15 is 0 Å². The van der Waals surface area contributed by atoms with Gasteiger partial charge < -0.3 is 15.1 Å². The summed E-state index contributed by atoms with van der Waals surface area (Å²) in [7, 11) is 1.70. The molecule has 0 radical (unpaired) electrons. The molecule has 2 heterocycles. The first kappa shape index (κ1) is 13.2. The molecule has 0 aliphatic heterocycles. The predicted molar refractivity (Wildman–Crippen MR) is 71.6 cm³/mol. The third-order valence-corrected chi connectivity index (χ3v) is 2.85. The quantitative estimate of drug-likeness (QED) is 0.909. The first-order chi connectivity index (χ1) is 9.01. The van der Waals surface area contributed by atoms with Gasteiger partial charge in [0.1, 0.15) is 11.5 Å². The highest BCUT2D eigenvalue weighted by Gasteiger charge is 2.19. The van der Waals surface area contributed by atoms with Crippen molar-refractivity contribution in [3.05, 3.63) is 35.5 Å². The van der Waals surface area contributed by atoms with Crippen molar-refractivity contribution in [2.45, 2.75) is 26.9 Å². The van der Waals surface area contributed by atoms with Gasteiger partial charge in [-0.05, 0) is 26.0 Å². The fraction of sp³-hybridized carbons (Fsp3) is 0.385. The summed E-state index contributed by atoms with van der Waals surface area (Å²) in [4.78, 5) is 13.8. The molecule has 1 amide bonds. The first-order valence-electron chi connectivity index (χ1n) is 6.15. The fourth-order valence-corrected chi connectivity index (χ4v) is 1.82. The van der Waals surface area contributed by atoms with Crippen LogP contribution in [0.1, 0.15) is 28.9 Å². The van der Waals surface area contributed by atoms with Crippen LogP contribution in [0.2, 0.25) is 0 Å².